The van der Waals surface area contributed by atoms with Gasteiger partial charge in [0.1, 0.15) is 5.82 Å². The Kier molecular flexibility index (Phi) is 7.23. The van der Waals surface area contributed by atoms with Gasteiger partial charge in [0, 0.05) is 55.9 Å². The highest BCUT2D eigenvalue weighted by Gasteiger charge is 2.33. The summed E-state index contributed by atoms with van der Waals surface area (Å²) < 4.78 is 46.4. The molecule has 0 spiro atoms. The molecule has 2 aliphatic rings. The summed E-state index contributed by atoms with van der Waals surface area (Å²) in [6.07, 6.45) is -2.98. The van der Waals surface area contributed by atoms with E-state index in [1.54, 1.807) is 43.4 Å². The maximum absolute atomic E-state index is 13.7. The lowest BCUT2D eigenvalue weighted by molar-refractivity contribution is -0.137. The number of halogens is 3. The first-order valence-electron chi connectivity index (χ1n) is 12.6. The fourth-order valence-corrected chi connectivity index (χ4v) is 4.71. The highest BCUT2D eigenvalue weighted by atomic mass is 19.4. The fraction of sp³-hybridized carbons (Fsp3) is 0.333. The number of nitrogens with zero attached hydrogens (tertiary/aromatic N) is 5. The third kappa shape index (κ3) is 5.37. The summed E-state index contributed by atoms with van der Waals surface area (Å²) in [5, 5.41) is 5.55. The lowest BCUT2D eigenvalue weighted by Crippen LogP contribution is -2.46. The number of nitrogens with one attached hydrogen (secondary N) is 2. The molecule has 2 N–H and O–H groups in total. The molecular weight excluding hydrogens is 527 g/mol. The first-order chi connectivity index (χ1) is 19.0. The van der Waals surface area contributed by atoms with E-state index >= 15 is 0 Å². The second kappa shape index (κ2) is 10.6. The molecule has 0 unspecified atom stereocenters. The zero-order valence-corrected chi connectivity index (χ0v) is 22.2. The number of carbonyl (C=O) groups is 2. The van der Waals surface area contributed by atoms with E-state index in [-0.39, 0.29) is 18.1 Å². The number of morpholine rings is 1. The molecule has 1 saturated heterocycles. The molecule has 0 bridgehead atoms. The third-order valence-corrected chi connectivity index (χ3v) is 6.87. The lowest BCUT2D eigenvalue weighted by atomic mass is 10.1. The molecule has 0 saturated carbocycles. The van der Waals surface area contributed by atoms with Crippen molar-refractivity contribution in [3.8, 4) is 0 Å². The van der Waals surface area contributed by atoms with Crippen molar-refractivity contribution in [2.24, 2.45) is 0 Å². The van der Waals surface area contributed by atoms with Crippen molar-refractivity contribution >= 4 is 40.8 Å². The van der Waals surface area contributed by atoms with E-state index in [9.17, 15) is 22.8 Å². The number of amides is 3. The van der Waals surface area contributed by atoms with Crippen molar-refractivity contribution < 1.29 is 27.5 Å². The molecule has 1 aromatic heterocycles. The summed E-state index contributed by atoms with van der Waals surface area (Å²) in [5.74, 6) is 0.179. The third-order valence-electron chi connectivity index (χ3n) is 6.87. The van der Waals surface area contributed by atoms with Crippen LogP contribution in [0.3, 0.4) is 0 Å². The number of carbonyl (C=O) groups excluding carboxylic acids is 2. The fourth-order valence-electron chi connectivity index (χ4n) is 4.71. The van der Waals surface area contributed by atoms with Crippen LogP contribution < -0.4 is 25.3 Å². The van der Waals surface area contributed by atoms with Crippen molar-refractivity contribution in [2.45, 2.75) is 19.6 Å². The quantitative estimate of drug-likeness (QED) is 0.478. The summed E-state index contributed by atoms with van der Waals surface area (Å²) in [6, 6.07) is 8.02. The molecule has 10 nitrogen and oxygen atoms in total. The molecule has 5 rings (SSSR count). The van der Waals surface area contributed by atoms with Crippen molar-refractivity contribution in [3.63, 3.8) is 0 Å². The van der Waals surface area contributed by atoms with Crippen molar-refractivity contribution in [2.75, 3.05) is 65.7 Å². The largest absolute Gasteiger partial charge is 0.416 e. The van der Waals surface area contributed by atoms with Crippen LogP contribution >= 0.6 is 0 Å². The molecule has 0 atom stereocenters. The average molecular weight is 556 g/mol. The SMILES string of the molecule is CNc1ncc2c(n1)N(C)C(=O)N(c1cc(NC(=O)c3cc(N4CCOCC4)cc(C(F)(F)F)c3)ccc1C)C2. The normalized spacial score (nSPS) is 15.7. The Labute approximate surface area is 228 Å². The van der Waals surface area contributed by atoms with Gasteiger partial charge in [-0.05, 0) is 42.8 Å². The zero-order valence-electron chi connectivity index (χ0n) is 22.2. The van der Waals surface area contributed by atoms with Gasteiger partial charge in [-0.25, -0.2) is 9.78 Å². The topological polar surface area (TPSA) is 103 Å². The van der Waals surface area contributed by atoms with Crippen LogP contribution in [0.25, 0.3) is 0 Å². The molecule has 2 aliphatic heterocycles. The van der Waals surface area contributed by atoms with Crippen LogP contribution in [0.2, 0.25) is 0 Å². The number of rotatable bonds is 5. The Morgan fingerprint density at radius 1 is 1.10 bits per heavy atom. The molecule has 1 fully saturated rings. The van der Waals surface area contributed by atoms with Gasteiger partial charge in [0.25, 0.3) is 5.91 Å². The minimum atomic E-state index is -4.62. The van der Waals surface area contributed by atoms with Gasteiger partial charge >= 0.3 is 12.2 Å². The number of urea groups is 1. The highest BCUT2D eigenvalue weighted by Crippen LogP contribution is 2.35. The van der Waals surface area contributed by atoms with Gasteiger partial charge in [-0.15, -0.1) is 0 Å². The Morgan fingerprint density at radius 3 is 2.55 bits per heavy atom. The Balaban J connectivity index is 1.43. The van der Waals surface area contributed by atoms with Gasteiger partial charge in [-0.1, -0.05) is 6.07 Å². The lowest BCUT2D eigenvalue weighted by Gasteiger charge is -2.35. The predicted octanol–water partition coefficient (Wildman–Crippen LogP) is 4.51. The van der Waals surface area contributed by atoms with E-state index in [0.717, 1.165) is 23.3 Å². The van der Waals surface area contributed by atoms with Crippen molar-refractivity contribution in [3.05, 3.63) is 64.8 Å². The van der Waals surface area contributed by atoms with Crippen LogP contribution in [0.4, 0.5) is 46.8 Å². The van der Waals surface area contributed by atoms with Crippen LogP contribution in [-0.2, 0) is 17.5 Å². The van der Waals surface area contributed by atoms with E-state index in [4.69, 9.17) is 4.74 Å². The molecule has 2 aromatic carbocycles. The number of benzene rings is 2. The van der Waals surface area contributed by atoms with Gasteiger partial charge in [0.2, 0.25) is 5.95 Å². The second-order valence-corrected chi connectivity index (χ2v) is 9.54. The molecular formula is C27H28F3N7O3. The second-order valence-electron chi connectivity index (χ2n) is 9.54. The summed E-state index contributed by atoms with van der Waals surface area (Å²) in [5.41, 5.74) is 1.64. The van der Waals surface area contributed by atoms with Gasteiger partial charge in [0.05, 0.1) is 31.0 Å². The predicted molar refractivity (Wildman–Crippen MR) is 145 cm³/mol. The average Bonchev–Trinajstić information content (AvgIpc) is 2.95. The van der Waals surface area contributed by atoms with Crippen LogP contribution in [0.1, 0.15) is 27.0 Å². The Morgan fingerprint density at radius 2 is 1.85 bits per heavy atom. The maximum atomic E-state index is 13.7. The first kappa shape index (κ1) is 27.2. The molecule has 40 heavy (non-hydrogen) atoms. The number of aromatic nitrogens is 2. The highest BCUT2D eigenvalue weighted by molar-refractivity contribution is 6.07. The molecule has 3 heterocycles. The molecule has 3 amide bonds. The van der Waals surface area contributed by atoms with Gasteiger partial charge < -0.3 is 20.3 Å². The number of alkyl halides is 3. The number of hydrogen-bond acceptors (Lipinski definition) is 7. The minimum absolute atomic E-state index is 0.126. The molecule has 0 aliphatic carbocycles. The maximum Gasteiger partial charge on any atom is 0.416 e. The number of hydrogen-bond donors (Lipinski definition) is 2. The Hall–Kier alpha value is -4.39. The Bertz CT molecular complexity index is 1460. The van der Waals surface area contributed by atoms with E-state index in [1.807, 2.05) is 6.92 Å². The van der Waals surface area contributed by atoms with E-state index in [1.165, 1.54) is 15.9 Å². The summed E-state index contributed by atoms with van der Waals surface area (Å²) >= 11 is 0. The van der Waals surface area contributed by atoms with E-state index in [0.29, 0.717) is 55.1 Å². The van der Waals surface area contributed by atoms with Crippen LogP contribution in [-0.4, -0.2) is 62.3 Å². The molecule has 13 heteroatoms. The van der Waals surface area contributed by atoms with Gasteiger partial charge in [-0.3, -0.25) is 14.6 Å². The number of aryl methyl sites for hydroxylation is 1. The van der Waals surface area contributed by atoms with Crippen LogP contribution in [0.15, 0.2) is 42.6 Å². The first-order valence-corrected chi connectivity index (χ1v) is 12.6. The number of ether oxygens (including phenoxy) is 1. The van der Waals surface area contributed by atoms with Crippen molar-refractivity contribution in [1.82, 2.24) is 9.97 Å². The molecule has 3 aromatic rings. The smallest absolute Gasteiger partial charge is 0.378 e. The number of anilines is 5. The minimum Gasteiger partial charge on any atom is -0.378 e. The number of fused-ring (bicyclic) bond motifs is 1. The monoisotopic (exact) mass is 555 g/mol. The molecule has 0 radical (unpaired) electrons. The van der Waals surface area contributed by atoms with E-state index < -0.39 is 17.6 Å². The van der Waals surface area contributed by atoms with Crippen LogP contribution in [0.5, 0.6) is 0 Å². The summed E-state index contributed by atoms with van der Waals surface area (Å²) in [4.78, 5) is 39.8. The van der Waals surface area contributed by atoms with Gasteiger partial charge in [0.15, 0.2) is 0 Å². The van der Waals surface area contributed by atoms with Crippen LogP contribution in [0, 0.1) is 6.92 Å². The van der Waals surface area contributed by atoms with E-state index in [2.05, 4.69) is 20.6 Å². The summed E-state index contributed by atoms with van der Waals surface area (Å²) in [7, 11) is 3.30. The molecule has 210 valence electrons. The van der Waals surface area contributed by atoms with Gasteiger partial charge in [-0.2, -0.15) is 18.2 Å². The zero-order chi connectivity index (χ0) is 28.6. The summed E-state index contributed by atoms with van der Waals surface area (Å²) in [6.45, 7) is 3.66. The van der Waals surface area contributed by atoms with Crippen molar-refractivity contribution in [1.29, 1.82) is 0 Å². The standard InChI is InChI=1S/C27H28F3N7O3/c1-16-4-5-20(13-22(16)37-15-18-14-32-25(31-2)34-23(18)35(3)26(37)39)33-24(38)17-10-19(27(28,29)30)12-21(11-17)36-6-8-40-9-7-36/h4-5,10-14H,6-9,15H2,1-3H3,(H,33,38)(H,31,32,34).